The topological polar surface area (TPSA) is 33.1 Å². The largest absolute Gasteiger partial charge is 0.392 e. The van der Waals surface area contributed by atoms with E-state index >= 15 is 0 Å². The van der Waals surface area contributed by atoms with E-state index in [4.69, 9.17) is 5.11 Å². The second-order valence-corrected chi connectivity index (χ2v) is 3.41. The summed E-state index contributed by atoms with van der Waals surface area (Å²) in [4.78, 5) is 4.25. The molecule has 0 fully saturated rings. The van der Waals surface area contributed by atoms with Crippen LogP contribution in [0.4, 0.5) is 0 Å². The average Bonchev–Trinajstić information content (AvgIpc) is 2.31. The van der Waals surface area contributed by atoms with Crippen LogP contribution in [0.5, 0.6) is 0 Å². The van der Waals surface area contributed by atoms with E-state index in [2.05, 4.69) is 11.1 Å². The third kappa shape index (κ3) is 2.64. The fraction of sp³-hybridized carbons (Fsp3) is 0.154. The number of rotatable bonds is 3. The van der Waals surface area contributed by atoms with E-state index in [1.807, 2.05) is 30.3 Å². The number of nitrogens with zero attached hydrogens (tertiary/aromatic N) is 1. The van der Waals surface area contributed by atoms with E-state index in [0.717, 1.165) is 23.2 Å². The molecule has 75 valence electrons. The van der Waals surface area contributed by atoms with E-state index in [1.54, 1.807) is 12.3 Å². The summed E-state index contributed by atoms with van der Waals surface area (Å²) in [5, 5.41) is 8.99. The highest BCUT2D eigenvalue weighted by Gasteiger charge is 1.98. The molecule has 0 aliphatic rings. The van der Waals surface area contributed by atoms with Crippen molar-refractivity contribution >= 4 is 0 Å². The van der Waals surface area contributed by atoms with Crippen molar-refractivity contribution < 1.29 is 5.11 Å². The molecule has 0 amide bonds. The van der Waals surface area contributed by atoms with Gasteiger partial charge in [0.15, 0.2) is 0 Å². The molecule has 0 spiro atoms. The zero-order chi connectivity index (χ0) is 10.5. The maximum absolute atomic E-state index is 8.99. The Hall–Kier alpha value is -1.67. The highest BCUT2D eigenvalue weighted by molar-refractivity contribution is 5.26. The molecule has 2 heteroatoms. The number of aliphatic hydroxyl groups is 1. The van der Waals surface area contributed by atoms with Crippen molar-refractivity contribution in [2.75, 3.05) is 0 Å². The molecule has 0 aliphatic carbocycles. The van der Waals surface area contributed by atoms with Crippen molar-refractivity contribution in [1.29, 1.82) is 0 Å². The van der Waals surface area contributed by atoms with E-state index in [0.29, 0.717) is 0 Å². The molecule has 2 aromatic rings. The van der Waals surface area contributed by atoms with Crippen LogP contribution in [0.3, 0.4) is 0 Å². The fourth-order valence-electron chi connectivity index (χ4n) is 1.48. The Kier molecular flexibility index (Phi) is 3.10. The maximum atomic E-state index is 8.99. The minimum Gasteiger partial charge on any atom is -0.392 e. The molecule has 0 saturated heterocycles. The van der Waals surface area contributed by atoms with Gasteiger partial charge < -0.3 is 5.11 Å². The second-order valence-electron chi connectivity index (χ2n) is 3.41. The Morgan fingerprint density at radius 2 is 2.07 bits per heavy atom. The lowest BCUT2D eigenvalue weighted by atomic mass is 10.1. The van der Waals surface area contributed by atoms with Gasteiger partial charge in [-0.2, -0.15) is 0 Å². The Morgan fingerprint density at radius 3 is 2.80 bits per heavy atom. The van der Waals surface area contributed by atoms with Gasteiger partial charge in [-0.15, -0.1) is 0 Å². The molecule has 1 radical (unpaired) electrons. The summed E-state index contributed by atoms with van der Waals surface area (Å²) in [7, 11) is 0. The molecule has 15 heavy (non-hydrogen) atoms. The molecule has 1 heterocycles. The Bertz CT molecular complexity index is 426. The fourth-order valence-corrected chi connectivity index (χ4v) is 1.48. The van der Waals surface area contributed by atoms with Gasteiger partial charge in [0.2, 0.25) is 0 Å². The van der Waals surface area contributed by atoms with E-state index in [9.17, 15) is 0 Å². The van der Waals surface area contributed by atoms with Crippen molar-refractivity contribution in [3.63, 3.8) is 0 Å². The number of aromatic nitrogens is 1. The molecule has 1 aromatic heterocycles. The zero-order valence-electron chi connectivity index (χ0n) is 8.35. The van der Waals surface area contributed by atoms with Crippen LogP contribution in [0, 0.1) is 6.07 Å². The lowest BCUT2D eigenvalue weighted by Crippen LogP contribution is -1.92. The number of benzene rings is 1. The van der Waals surface area contributed by atoms with Crippen molar-refractivity contribution in [1.82, 2.24) is 4.98 Å². The maximum Gasteiger partial charge on any atom is 0.0682 e. The molecule has 1 N–H and O–H groups in total. The third-order valence-electron chi connectivity index (χ3n) is 2.20. The predicted molar refractivity (Wildman–Crippen MR) is 58.2 cm³/mol. The van der Waals surface area contributed by atoms with Gasteiger partial charge in [-0.05, 0) is 35.4 Å². The van der Waals surface area contributed by atoms with Crippen LogP contribution in [-0.2, 0) is 13.0 Å². The first-order chi connectivity index (χ1) is 7.38. The van der Waals surface area contributed by atoms with Gasteiger partial charge in [0.25, 0.3) is 0 Å². The summed E-state index contributed by atoms with van der Waals surface area (Å²) in [6.07, 6.45) is 2.57. The Labute approximate surface area is 89.2 Å². The van der Waals surface area contributed by atoms with Gasteiger partial charge in [0.1, 0.15) is 0 Å². The van der Waals surface area contributed by atoms with Crippen LogP contribution >= 0.6 is 0 Å². The predicted octanol–water partition coefficient (Wildman–Crippen LogP) is 1.96. The monoisotopic (exact) mass is 198 g/mol. The van der Waals surface area contributed by atoms with Crippen LogP contribution in [0.1, 0.15) is 16.8 Å². The van der Waals surface area contributed by atoms with E-state index in [-0.39, 0.29) is 6.61 Å². The average molecular weight is 198 g/mol. The Morgan fingerprint density at radius 1 is 1.20 bits per heavy atom. The van der Waals surface area contributed by atoms with Gasteiger partial charge in [0.05, 0.1) is 6.61 Å². The SMILES string of the molecule is OCc1c[c]cc(Cc2ccccn2)c1. The van der Waals surface area contributed by atoms with Gasteiger partial charge in [-0.1, -0.05) is 18.2 Å². The second kappa shape index (κ2) is 4.71. The van der Waals surface area contributed by atoms with Crippen molar-refractivity contribution in [2.24, 2.45) is 0 Å². The van der Waals surface area contributed by atoms with Crippen LogP contribution in [0.25, 0.3) is 0 Å². The molecule has 0 atom stereocenters. The summed E-state index contributed by atoms with van der Waals surface area (Å²) >= 11 is 0. The molecule has 2 nitrogen and oxygen atoms in total. The zero-order valence-corrected chi connectivity index (χ0v) is 8.35. The van der Waals surface area contributed by atoms with E-state index < -0.39 is 0 Å². The normalized spacial score (nSPS) is 10.2. The van der Waals surface area contributed by atoms with Crippen LogP contribution in [0.15, 0.2) is 42.6 Å². The Balaban J connectivity index is 2.17. The molecular formula is C13H12NO. The first kappa shape index (κ1) is 9.87. The highest BCUT2D eigenvalue weighted by atomic mass is 16.3. The quantitative estimate of drug-likeness (QED) is 0.817. The summed E-state index contributed by atoms with van der Waals surface area (Å²) in [6, 6.07) is 14.6. The molecule has 0 saturated carbocycles. The first-order valence-corrected chi connectivity index (χ1v) is 4.88. The van der Waals surface area contributed by atoms with Gasteiger partial charge in [0, 0.05) is 18.3 Å². The number of aliphatic hydroxyl groups excluding tert-OH is 1. The molecule has 0 unspecified atom stereocenters. The van der Waals surface area contributed by atoms with Crippen molar-refractivity contribution in [3.05, 3.63) is 65.5 Å². The minimum absolute atomic E-state index is 0.0621. The van der Waals surface area contributed by atoms with Crippen molar-refractivity contribution in [2.45, 2.75) is 13.0 Å². The minimum atomic E-state index is 0.0621. The van der Waals surface area contributed by atoms with Gasteiger partial charge in [-0.25, -0.2) is 0 Å². The first-order valence-electron chi connectivity index (χ1n) is 4.88. The molecule has 0 bridgehead atoms. The van der Waals surface area contributed by atoms with Crippen molar-refractivity contribution in [3.8, 4) is 0 Å². The molecule has 2 rings (SSSR count). The van der Waals surface area contributed by atoms with E-state index in [1.165, 1.54) is 0 Å². The summed E-state index contributed by atoms with van der Waals surface area (Å²) in [5.74, 6) is 0. The van der Waals surface area contributed by atoms with Crippen LogP contribution in [-0.4, -0.2) is 10.1 Å². The number of hydrogen-bond donors (Lipinski definition) is 1. The summed E-state index contributed by atoms with van der Waals surface area (Å²) < 4.78 is 0. The molecular weight excluding hydrogens is 186 g/mol. The standard InChI is InChI=1S/C13H12NO/c15-10-12-5-3-4-11(8-12)9-13-6-1-2-7-14-13/h1-2,4-8,15H,9-10H2. The number of pyridine rings is 1. The van der Waals surface area contributed by atoms with Crippen LogP contribution < -0.4 is 0 Å². The van der Waals surface area contributed by atoms with Crippen LogP contribution in [0.2, 0.25) is 0 Å². The third-order valence-corrected chi connectivity index (χ3v) is 2.20. The van der Waals surface area contributed by atoms with Gasteiger partial charge >= 0.3 is 0 Å². The lowest BCUT2D eigenvalue weighted by Gasteiger charge is -2.02. The summed E-state index contributed by atoms with van der Waals surface area (Å²) in [5.41, 5.74) is 3.05. The number of hydrogen-bond acceptors (Lipinski definition) is 2. The summed E-state index contributed by atoms with van der Waals surface area (Å²) in [6.45, 7) is 0.0621. The lowest BCUT2D eigenvalue weighted by molar-refractivity contribution is 0.281. The highest BCUT2D eigenvalue weighted by Crippen LogP contribution is 2.09. The molecule has 0 aliphatic heterocycles. The van der Waals surface area contributed by atoms with Gasteiger partial charge in [-0.3, -0.25) is 4.98 Å². The smallest absolute Gasteiger partial charge is 0.0682 e. The molecule has 1 aromatic carbocycles.